The molecule has 6 rings (SSSR count). The van der Waals surface area contributed by atoms with Crippen molar-refractivity contribution >= 4 is 11.7 Å². The van der Waals surface area contributed by atoms with Gasteiger partial charge in [-0.15, -0.1) is 0 Å². The molecule has 0 bridgehead atoms. The maximum Gasteiger partial charge on any atom is 0.318 e. The summed E-state index contributed by atoms with van der Waals surface area (Å²) in [7, 11) is 1.50. The summed E-state index contributed by atoms with van der Waals surface area (Å²) in [5.41, 5.74) is 4.95. The van der Waals surface area contributed by atoms with Crippen molar-refractivity contribution in [3.63, 3.8) is 0 Å². The first kappa shape index (κ1) is 24.4. The minimum Gasteiger partial charge on any atom is -0.496 e. The zero-order valence-electron chi connectivity index (χ0n) is 21.0. The predicted molar refractivity (Wildman–Crippen MR) is 137 cm³/mol. The number of imidazole rings is 1. The van der Waals surface area contributed by atoms with E-state index in [2.05, 4.69) is 20.5 Å². The van der Waals surface area contributed by atoms with Gasteiger partial charge in [-0.25, -0.2) is 18.6 Å². The molecule has 11 heteroatoms. The Labute approximate surface area is 218 Å². The fourth-order valence-corrected chi connectivity index (χ4v) is 5.39. The van der Waals surface area contributed by atoms with Gasteiger partial charge >= 0.3 is 6.03 Å². The average Bonchev–Trinajstić information content (AvgIpc) is 3.57. The van der Waals surface area contributed by atoms with Gasteiger partial charge in [-0.2, -0.15) is 5.10 Å². The number of hydrogen-bond acceptors (Lipinski definition) is 5. The first-order valence-electron chi connectivity index (χ1n) is 12.7. The van der Waals surface area contributed by atoms with E-state index in [1.165, 1.54) is 13.2 Å². The summed E-state index contributed by atoms with van der Waals surface area (Å²) in [6.45, 7) is 1.90. The third kappa shape index (κ3) is 4.58. The number of likely N-dealkylation sites (tertiary alicyclic amines) is 1. The van der Waals surface area contributed by atoms with Crippen molar-refractivity contribution in [1.29, 1.82) is 0 Å². The second-order valence-electron chi connectivity index (χ2n) is 9.83. The Hall–Kier alpha value is -3.99. The van der Waals surface area contributed by atoms with Gasteiger partial charge in [0.15, 0.2) is 0 Å². The minimum atomic E-state index is -1.18. The maximum atomic E-state index is 14.9. The van der Waals surface area contributed by atoms with Crippen molar-refractivity contribution in [3.8, 4) is 17.0 Å². The molecule has 2 unspecified atom stereocenters. The van der Waals surface area contributed by atoms with Crippen LogP contribution in [0.15, 0.2) is 48.9 Å². The van der Waals surface area contributed by atoms with Crippen LogP contribution in [0.1, 0.15) is 23.2 Å². The van der Waals surface area contributed by atoms with Crippen LogP contribution in [-0.2, 0) is 19.5 Å². The van der Waals surface area contributed by atoms with Gasteiger partial charge in [0.05, 0.1) is 25.4 Å². The van der Waals surface area contributed by atoms with Crippen LogP contribution in [0.3, 0.4) is 0 Å². The van der Waals surface area contributed by atoms with Crippen LogP contribution in [0.4, 0.5) is 13.6 Å². The highest BCUT2D eigenvalue weighted by atomic mass is 19.1. The molecular formula is C27H29F2N7O2. The number of piperidine rings is 1. The molecule has 4 aromatic rings. The number of carbonyl (C=O) groups is 1. The van der Waals surface area contributed by atoms with E-state index in [-0.39, 0.29) is 31.4 Å². The summed E-state index contributed by atoms with van der Waals surface area (Å²) in [6.07, 6.45) is 5.29. The van der Waals surface area contributed by atoms with E-state index in [4.69, 9.17) is 4.74 Å². The van der Waals surface area contributed by atoms with E-state index in [1.807, 2.05) is 33.8 Å². The first-order chi connectivity index (χ1) is 18.5. The number of alkyl halides is 1. The standard InChI is InChI=1S/C27H29F2N7O2/c1-38-24-4-2-3-20(28)18(24)14-34-10-7-21(29)23(16-34)31-27(37)36-11-8-22-19(15-36)26(33-32-22)17-5-6-25-30-9-12-35(25)13-17/h2-6,9,12-13,21,23H,7-8,10-11,14-16H2,1H3,(H,31,37)(H,32,33). The number of nitrogens with one attached hydrogen (secondary N) is 2. The van der Waals surface area contributed by atoms with Crippen LogP contribution in [0.5, 0.6) is 5.75 Å². The van der Waals surface area contributed by atoms with Crippen molar-refractivity contribution in [2.24, 2.45) is 0 Å². The monoisotopic (exact) mass is 521 g/mol. The lowest BCUT2D eigenvalue weighted by Crippen LogP contribution is -2.56. The number of ether oxygens (including phenoxy) is 1. The van der Waals surface area contributed by atoms with Crippen molar-refractivity contribution in [2.45, 2.75) is 38.1 Å². The molecule has 2 N–H and O–H groups in total. The van der Waals surface area contributed by atoms with Crippen molar-refractivity contribution in [2.75, 3.05) is 26.7 Å². The highest BCUT2D eigenvalue weighted by Gasteiger charge is 2.33. The van der Waals surface area contributed by atoms with Gasteiger partial charge in [0.2, 0.25) is 0 Å². The molecule has 2 aliphatic heterocycles. The molecule has 0 saturated carbocycles. The van der Waals surface area contributed by atoms with Crippen LogP contribution < -0.4 is 10.1 Å². The third-order valence-corrected chi connectivity index (χ3v) is 7.48. The van der Waals surface area contributed by atoms with Crippen molar-refractivity contribution < 1.29 is 18.3 Å². The molecule has 2 aliphatic rings. The number of carbonyl (C=O) groups excluding carboxylic acids is 1. The first-order valence-corrected chi connectivity index (χ1v) is 12.7. The Bertz CT molecular complexity index is 1470. The van der Waals surface area contributed by atoms with Gasteiger partial charge in [0, 0.05) is 73.6 Å². The van der Waals surface area contributed by atoms with E-state index >= 15 is 0 Å². The zero-order valence-corrected chi connectivity index (χ0v) is 21.0. The molecule has 1 saturated heterocycles. The molecule has 0 spiro atoms. The van der Waals surface area contributed by atoms with Crippen molar-refractivity contribution in [3.05, 3.63) is 71.6 Å². The number of rotatable bonds is 5. The number of benzene rings is 1. The number of methoxy groups -OCH3 is 1. The van der Waals surface area contributed by atoms with Crippen LogP contribution in [-0.4, -0.2) is 74.4 Å². The summed E-state index contributed by atoms with van der Waals surface area (Å²) in [5, 5.41) is 10.5. The number of pyridine rings is 1. The minimum absolute atomic E-state index is 0.258. The van der Waals surface area contributed by atoms with E-state index in [9.17, 15) is 13.6 Å². The zero-order chi connectivity index (χ0) is 26.2. The fourth-order valence-electron chi connectivity index (χ4n) is 5.39. The quantitative estimate of drug-likeness (QED) is 0.419. The Morgan fingerprint density at radius 3 is 3.03 bits per heavy atom. The number of fused-ring (bicyclic) bond motifs is 2. The lowest BCUT2D eigenvalue weighted by molar-refractivity contribution is 0.0997. The molecule has 3 aromatic heterocycles. The molecule has 9 nitrogen and oxygen atoms in total. The van der Waals surface area contributed by atoms with Gasteiger partial charge in [-0.05, 0) is 30.7 Å². The Kier molecular flexibility index (Phi) is 6.44. The Morgan fingerprint density at radius 2 is 2.16 bits per heavy atom. The summed E-state index contributed by atoms with van der Waals surface area (Å²) in [4.78, 5) is 21.2. The smallest absolute Gasteiger partial charge is 0.318 e. The second-order valence-corrected chi connectivity index (χ2v) is 9.83. The van der Waals surface area contributed by atoms with E-state index < -0.39 is 12.2 Å². The topological polar surface area (TPSA) is 90.8 Å². The fraction of sp³-hybridized carbons (Fsp3) is 0.370. The molecule has 38 heavy (non-hydrogen) atoms. The molecular weight excluding hydrogens is 492 g/mol. The third-order valence-electron chi connectivity index (χ3n) is 7.48. The summed E-state index contributed by atoms with van der Waals surface area (Å²) >= 11 is 0. The number of aromatic amines is 1. The molecule has 5 heterocycles. The highest BCUT2D eigenvalue weighted by molar-refractivity contribution is 5.76. The molecule has 1 fully saturated rings. The lowest BCUT2D eigenvalue weighted by Gasteiger charge is -2.37. The average molecular weight is 522 g/mol. The van der Waals surface area contributed by atoms with Crippen LogP contribution in [0, 0.1) is 5.82 Å². The van der Waals surface area contributed by atoms with E-state index in [0.29, 0.717) is 37.4 Å². The Balaban J connectivity index is 1.14. The normalized spacial score (nSPS) is 19.9. The van der Waals surface area contributed by atoms with Gasteiger partial charge < -0.3 is 19.4 Å². The number of H-pyrrole nitrogens is 1. The van der Waals surface area contributed by atoms with Crippen LogP contribution in [0.2, 0.25) is 0 Å². The molecule has 198 valence electrons. The summed E-state index contributed by atoms with van der Waals surface area (Å²) in [6, 6.07) is 7.58. The maximum absolute atomic E-state index is 14.9. The molecule has 1 aromatic carbocycles. The van der Waals surface area contributed by atoms with Crippen LogP contribution in [0.25, 0.3) is 16.9 Å². The summed E-state index contributed by atoms with van der Waals surface area (Å²) < 4.78 is 36.6. The van der Waals surface area contributed by atoms with Gasteiger partial charge in [-0.3, -0.25) is 10.00 Å². The SMILES string of the molecule is COc1cccc(F)c1CN1CCC(F)C(NC(=O)N2CCc3[nH]nc(-c4ccc5nccn5c4)c3C2)C1. The van der Waals surface area contributed by atoms with E-state index in [0.717, 1.165) is 28.2 Å². The highest BCUT2D eigenvalue weighted by Crippen LogP contribution is 2.29. The Morgan fingerprint density at radius 1 is 1.26 bits per heavy atom. The molecule has 0 radical (unpaired) electrons. The number of hydrogen-bond donors (Lipinski definition) is 2. The molecule has 2 atom stereocenters. The molecule has 0 aliphatic carbocycles. The second kappa shape index (κ2) is 10.1. The van der Waals surface area contributed by atoms with Gasteiger partial charge in [-0.1, -0.05) is 6.07 Å². The predicted octanol–water partition coefficient (Wildman–Crippen LogP) is 3.55. The van der Waals surface area contributed by atoms with Gasteiger partial charge in [0.25, 0.3) is 0 Å². The number of amides is 2. The number of aromatic nitrogens is 4. The number of nitrogens with zero attached hydrogens (tertiary/aromatic N) is 5. The lowest BCUT2D eigenvalue weighted by atomic mass is 10.0. The molecule has 2 amide bonds. The van der Waals surface area contributed by atoms with E-state index in [1.54, 1.807) is 23.2 Å². The largest absolute Gasteiger partial charge is 0.496 e. The number of halogens is 2. The van der Waals surface area contributed by atoms with Crippen molar-refractivity contribution in [1.82, 2.24) is 34.7 Å². The summed E-state index contributed by atoms with van der Waals surface area (Å²) in [5.74, 6) is 0.0970. The van der Waals surface area contributed by atoms with Gasteiger partial charge in [0.1, 0.15) is 23.4 Å². The number of urea groups is 1. The van der Waals surface area contributed by atoms with Crippen LogP contribution >= 0.6 is 0 Å².